The van der Waals surface area contributed by atoms with E-state index < -0.39 is 0 Å². The lowest BCUT2D eigenvalue weighted by atomic mass is 10.0. The standard InChI is InChI=1S/C11H19N3O/c1-9-3-6-14(11(9)8-15)7-10-4-5-13(2)12-10/h4-5,9,11,15H,3,6-8H2,1-2H3. The summed E-state index contributed by atoms with van der Waals surface area (Å²) >= 11 is 0. The van der Waals surface area contributed by atoms with E-state index in [1.54, 1.807) is 0 Å². The highest BCUT2D eigenvalue weighted by Crippen LogP contribution is 2.24. The van der Waals surface area contributed by atoms with Crippen molar-refractivity contribution in [1.82, 2.24) is 14.7 Å². The minimum Gasteiger partial charge on any atom is -0.395 e. The van der Waals surface area contributed by atoms with Crippen LogP contribution in [0, 0.1) is 5.92 Å². The predicted molar refractivity (Wildman–Crippen MR) is 58.3 cm³/mol. The molecule has 1 aromatic rings. The van der Waals surface area contributed by atoms with Gasteiger partial charge in [-0.25, -0.2) is 0 Å². The summed E-state index contributed by atoms with van der Waals surface area (Å²) in [6.07, 6.45) is 3.14. The average Bonchev–Trinajstić information content (AvgIpc) is 2.75. The van der Waals surface area contributed by atoms with Gasteiger partial charge in [-0.2, -0.15) is 5.10 Å². The van der Waals surface area contributed by atoms with Gasteiger partial charge in [0.1, 0.15) is 0 Å². The molecule has 84 valence electrons. The molecule has 0 amide bonds. The number of aromatic nitrogens is 2. The highest BCUT2D eigenvalue weighted by Gasteiger charge is 2.30. The monoisotopic (exact) mass is 209 g/mol. The van der Waals surface area contributed by atoms with Crippen LogP contribution >= 0.6 is 0 Å². The van der Waals surface area contributed by atoms with Crippen LogP contribution in [0.1, 0.15) is 19.0 Å². The normalized spacial score (nSPS) is 27.4. The second-order valence-corrected chi connectivity index (χ2v) is 4.47. The van der Waals surface area contributed by atoms with Gasteiger partial charge in [0.2, 0.25) is 0 Å². The molecule has 2 rings (SSSR count). The van der Waals surface area contributed by atoms with E-state index in [1.807, 2.05) is 24.0 Å². The summed E-state index contributed by atoms with van der Waals surface area (Å²) in [5, 5.41) is 13.7. The molecule has 0 aliphatic carbocycles. The Balaban J connectivity index is 2.00. The molecule has 2 heterocycles. The summed E-state index contributed by atoms with van der Waals surface area (Å²) < 4.78 is 1.82. The first-order valence-corrected chi connectivity index (χ1v) is 5.54. The first kappa shape index (κ1) is 10.6. The van der Waals surface area contributed by atoms with Crippen molar-refractivity contribution >= 4 is 0 Å². The van der Waals surface area contributed by atoms with Crippen LogP contribution in [0.15, 0.2) is 12.3 Å². The highest BCUT2D eigenvalue weighted by atomic mass is 16.3. The second-order valence-electron chi connectivity index (χ2n) is 4.47. The maximum Gasteiger partial charge on any atom is 0.0764 e. The van der Waals surface area contributed by atoms with Crippen molar-refractivity contribution in [3.8, 4) is 0 Å². The zero-order valence-electron chi connectivity index (χ0n) is 9.43. The second kappa shape index (κ2) is 4.33. The summed E-state index contributed by atoms with van der Waals surface area (Å²) in [6.45, 7) is 4.40. The van der Waals surface area contributed by atoms with Gasteiger partial charge >= 0.3 is 0 Å². The van der Waals surface area contributed by atoms with Crippen molar-refractivity contribution in [2.45, 2.75) is 25.9 Å². The van der Waals surface area contributed by atoms with Crippen LogP contribution < -0.4 is 0 Å². The molecule has 1 aromatic heterocycles. The summed E-state index contributed by atoms with van der Waals surface area (Å²) in [5.41, 5.74) is 1.09. The number of nitrogens with zero attached hydrogens (tertiary/aromatic N) is 3. The van der Waals surface area contributed by atoms with E-state index >= 15 is 0 Å². The number of rotatable bonds is 3. The first-order chi connectivity index (χ1) is 7.20. The fourth-order valence-corrected chi connectivity index (χ4v) is 2.33. The van der Waals surface area contributed by atoms with Gasteiger partial charge in [0.05, 0.1) is 12.3 Å². The van der Waals surface area contributed by atoms with Crippen LogP contribution in [0.3, 0.4) is 0 Å². The van der Waals surface area contributed by atoms with Crippen LogP contribution in [0.2, 0.25) is 0 Å². The van der Waals surface area contributed by atoms with E-state index in [1.165, 1.54) is 6.42 Å². The number of aryl methyl sites for hydroxylation is 1. The van der Waals surface area contributed by atoms with Gasteiger partial charge in [-0.1, -0.05) is 6.92 Å². The Morgan fingerprint density at radius 3 is 3.00 bits per heavy atom. The van der Waals surface area contributed by atoms with Crippen LogP contribution in [0.25, 0.3) is 0 Å². The van der Waals surface area contributed by atoms with Gasteiger partial charge in [-0.3, -0.25) is 9.58 Å². The van der Waals surface area contributed by atoms with Crippen LogP contribution in [0.5, 0.6) is 0 Å². The maximum absolute atomic E-state index is 9.32. The SMILES string of the molecule is CC1CCN(Cc2ccn(C)n2)C1CO. The molecule has 0 spiro atoms. The fraction of sp³-hybridized carbons (Fsp3) is 0.727. The number of aliphatic hydroxyl groups excluding tert-OH is 1. The maximum atomic E-state index is 9.32. The Morgan fingerprint density at radius 1 is 1.60 bits per heavy atom. The van der Waals surface area contributed by atoms with E-state index in [2.05, 4.69) is 16.9 Å². The van der Waals surface area contributed by atoms with Gasteiger partial charge in [-0.05, 0) is 24.9 Å². The Hall–Kier alpha value is -0.870. The number of aliphatic hydroxyl groups is 1. The van der Waals surface area contributed by atoms with Gasteiger partial charge in [0.15, 0.2) is 0 Å². The molecule has 0 bridgehead atoms. The third-order valence-electron chi connectivity index (χ3n) is 3.32. The van der Waals surface area contributed by atoms with E-state index in [4.69, 9.17) is 0 Å². The minimum absolute atomic E-state index is 0.258. The Bertz CT molecular complexity index is 323. The smallest absolute Gasteiger partial charge is 0.0764 e. The molecule has 1 aliphatic heterocycles. The van der Waals surface area contributed by atoms with Crippen LogP contribution in [-0.2, 0) is 13.6 Å². The van der Waals surface area contributed by atoms with Crippen molar-refractivity contribution in [3.63, 3.8) is 0 Å². The molecule has 1 N–H and O–H groups in total. The molecular formula is C11H19N3O. The largest absolute Gasteiger partial charge is 0.395 e. The molecule has 0 radical (unpaired) electrons. The predicted octanol–water partition coefficient (Wildman–Crippen LogP) is 0.623. The molecule has 1 fully saturated rings. The average molecular weight is 209 g/mol. The molecule has 2 unspecified atom stereocenters. The van der Waals surface area contributed by atoms with E-state index in [9.17, 15) is 5.11 Å². The minimum atomic E-state index is 0.258. The summed E-state index contributed by atoms with van der Waals surface area (Å²) in [7, 11) is 1.93. The quantitative estimate of drug-likeness (QED) is 0.793. The van der Waals surface area contributed by atoms with Gasteiger partial charge in [0.25, 0.3) is 0 Å². The topological polar surface area (TPSA) is 41.3 Å². The zero-order valence-corrected chi connectivity index (χ0v) is 9.43. The third-order valence-corrected chi connectivity index (χ3v) is 3.32. The Morgan fingerprint density at radius 2 is 2.40 bits per heavy atom. The molecule has 4 nitrogen and oxygen atoms in total. The first-order valence-electron chi connectivity index (χ1n) is 5.54. The highest BCUT2D eigenvalue weighted by molar-refractivity contribution is 5.00. The van der Waals surface area contributed by atoms with Gasteiger partial charge in [0, 0.05) is 25.8 Å². The molecule has 0 aromatic carbocycles. The number of hydrogen-bond acceptors (Lipinski definition) is 3. The Kier molecular flexibility index (Phi) is 3.07. The molecule has 4 heteroatoms. The van der Waals surface area contributed by atoms with E-state index in [0.717, 1.165) is 18.8 Å². The molecule has 1 saturated heterocycles. The number of hydrogen-bond donors (Lipinski definition) is 1. The molecular weight excluding hydrogens is 190 g/mol. The molecule has 0 saturated carbocycles. The fourth-order valence-electron chi connectivity index (χ4n) is 2.33. The summed E-state index contributed by atoms with van der Waals surface area (Å²) in [6, 6.07) is 2.35. The Labute approximate surface area is 90.5 Å². The summed E-state index contributed by atoms with van der Waals surface area (Å²) in [5.74, 6) is 0.596. The summed E-state index contributed by atoms with van der Waals surface area (Å²) in [4.78, 5) is 2.33. The van der Waals surface area contributed by atoms with E-state index in [-0.39, 0.29) is 6.61 Å². The lowest BCUT2D eigenvalue weighted by Gasteiger charge is -2.23. The molecule has 2 atom stereocenters. The van der Waals surface area contributed by atoms with Crippen LogP contribution in [-0.4, -0.2) is 39.0 Å². The third kappa shape index (κ3) is 2.21. The van der Waals surface area contributed by atoms with E-state index in [0.29, 0.717) is 12.0 Å². The molecule has 1 aliphatic rings. The zero-order chi connectivity index (χ0) is 10.8. The molecule has 15 heavy (non-hydrogen) atoms. The number of likely N-dealkylation sites (tertiary alicyclic amines) is 1. The van der Waals surface area contributed by atoms with Crippen LogP contribution in [0.4, 0.5) is 0 Å². The van der Waals surface area contributed by atoms with Crippen molar-refractivity contribution in [2.24, 2.45) is 13.0 Å². The van der Waals surface area contributed by atoms with Crippen molar-refractivity contribution in [2.75, 3.05) is 13.2 Å². The van der Waals surface area contributed by atoms with Crippen molar-refractivity contribution in [1.29, 1.82) is 0 Å². The van der Waals surface area contributed by atoms with Crippen molar-refractivity contribution in [3.05, 3.63) is 18.0 Å². The lowest BCUT2D eigenvalue weighted by molar-refractivity contribution is 0.133. The lowest BCUT2D eigenvalue weighted by Crippen LogP contribution is -2.34. The van der Waals surface area contributed by atoms with Gasteiger partial charge in [-0.15, -0.1) is 0 Å². The van der Waals surface area contributed by atoms with Gasteiger partial charge < -0.3 is 5.11 Å². The van der Waals surface area contributed by atoms with Crippen molar-refractivity contribution < 1.29 is 5.11 Å².